The summed E-state index contributed by atoms with van der Waals surface area (Å²) in [5, 5.41) is 10.4. The molecular formula is C18H25Cl3O3STa-. The van der Waals surface area contributed by atoms with Crippen molar-refractivity contribution in [2.45, 2.75) is 51.0 Å². The average molecular weight is 609 g/mol. The Kier molecular flexibility index (Phi) is 12.1. The fraction of sp³-hybridized carbons (Fsp3) is 0.556. The van der Waals surface area contributed by atoms with E-state index in [9.17, 15) is 13.5 Å². The number of hydrogen-bond acceptors (Lipinski definition) is 3. The van der Waals surface area contributed by atoms with Gasteiger partial charge in [0, 0.05) is 6.26 Å². The fourth-order valence-corrected chi connectivity index (χ4v) is 3.97. The van der Waals surface area contributed by atoms with Gasteiger partial charge in [0.15, 0.2) is 0 Å². The van der Waals surface area contributed by atoms with Crippen molar-refractivity contribution in [3.8, 4) is 0 Å². The molecule has 1 aromatic carbocycles. The third-order valence-electron chi connectivity index (χ3n) is 4.20. The molecule has 26 heavy (non-hydrogen) atoms. The Labute approximate surface area is 175 Å². The van der Waals surface area contributed by atoms with Crippen molar-refractivity contribution in [1.29, 1.82) is 0 Å². The van der Waals surface area contributed by atoms with Crippen molar-refractivity contribution in [2.75, 3.05) is 6.26 Å². The number of allylic oxidation sites excluding steroid dienone is 1. The predicted octanol–water partition coefficient (Wildman–Crippen LogP) is 5.36. The van der Waals surface area contributed by atoms with Gasteiger partial charge in [-0.3, -0.25) is 0 Å². The van der Waals surface area contributed by atoms with Crippen LogP contribution in [-0.2, 0) is 31.5 Å². The van der Waals surface area contributed by atoms with E-state index in [2.05, 4.69) is 6.08 Å². The Balaban J connectivity index is 0.000000765. The molecule has 1 fully saturated rings. The average Bonchev–Trinajstić information content (AvgIpc) is 2.58. The van der Waals surface area contributed by atoms with Gasteiger partial charge in [-0.2, -0.15) is 5.92 Å². The van der Waals surface area contributed by atoms with Gasteiger partial charge in [-0.05, 0) is 18.4 Å². The van der Waals surface area contributed by atoms with Crippen LogP contribution in [0.5, 0.6) is 0 Å². The summed E-state index contributed by atoms with van der Waals surface area (Å²) < 4.78 is 24.0. The number of aliphatic hydroxyl groups excluding tert-OH is 1. The number of hydrogen-bond donors (Lipinski definition) is 1. The monoisotopic (exact) mass is 607 g/mol. The van der Waals surface area contributed by atoms with Gasteiger partial charge in [-0.25, -0.2) is 8.42 Å². The number of sulfone groups is 1. The number of halogens is 3. The minimum absolute atomic E-state index is 0.0929. The second kappa shape index (κ2) is 12.8. The van der Waals surface area contributed by atoms with E-state index < -0.39 is 31.1 Å². The Morgan fingerprint density at radius 1 is 1.19 bits per heavy atom. The molecule has 0 saturated heterocycles. The molecule has 3 nitrogen and oxygen atoms in total. The number of aryl methyl sites for hydroxylation is 1. The maximum absolute atomic E-state index is 12.0. The maximum atomic E-state index is 12.0. The van der Waals surface area contributed by atoms with Crippen molar-refractivity contribution in [3.63, 3.8) is 0 Å². The molecule has 0 bridgehead atoms. The fourth-order valence-electron chi connectivity index (χ4n) is 2.98. The van der Waals surface area contributed by atoms with Crippen molar-refractivity contribution >= 4 is 37.4 Å². The number of benzene rings is 1. The molecular weight excluding hydrogens is 584 g/mol. The van der Waals surface area contributed by atoms with E-state index >= 15 is 0 Å². The van der Waals surface area contributed by atoms with Gasteiger partial charge in [-0.1, -0.05) is 62.4 Å². The van der Waals surface area contributed by atoms with Crippen LogP contribution in [0.1, 0.15) is 44.1 Å². The van der Waals surface area contributed by atoms with Crippen molar-refractivity contribution in [1.82, 2.24) is 0 Å². The molecule has 0 aliphatic heterocycles. The Morgan fingerprint density at radius 2 is 1.73 bits per heavy atom. The second-order valence-corrected chi connectivity index (χ2v) is 22.3. The molecule has 1 aromatic rings. The van der Waals surface area contributed by atoms with Crippen LogP contribution in [0.3, 0.4) is 0 Å². The summed E-state index contributed by atoms with van der Waals surface area (Å²) in [5.41, 5.74) is 1.10. The van der Waals surface area contributed by atoms with E-state index in [-0.39, 0.29) is 10.8 Å². The SMILES string of the molecule is CS(=O)(=O)C(=[C-]C1CCCCC1)C(O)CCc1ccccc1.[Cl][Ta]([Cl])[Cl]. The first-order valence-electron chi connectivity index (χ1n) is 8.53. The van der Waals surface area contributed by atoms with Crippen LogP contribution < -0.4 is 0 Å². The minimum atomic E-state index is -3.41. The van der Waals surface area contributed by atoms with Crippen LogP contribution in [0, 0.1) is 12.0 Å². The molecule has 0 radical (unpaired) electrons. The summed E-state index contributed by atoms with van der Waals surface area (Å²) in [7, 11) is 11.6. The summed E-state index contributed by atoms with van der Waals surface area (Å²) in [6, 6.07) is 9.81. The molecule has 0 heterocycles. The van der Waals surface area contributed by atoms with Gasteiger partial charge in [0.2, 0.25) is 0 Å². The van der Waals surface area contributed by atoms with E-state index in [1.54, 1.807) is 0 Å². The zero-order chi connectivity index (χ0) is 19.6. The normalized spacial score (nSPS) is 17.5. The van der Waals surface area contributed by atoms with Crippen LogP contribution >= 0.6 is 27.6 Å². The van der Waals surface area contributed by atoms with E-state index in [1.165, 1.54) is 12.7 Å². The van der Waals surface area contributed by atoms with Gasteiger partial charge in [0.25, 0.3) is 0 Å². The van der Waals surface area contributed by atoms with Crippen LogP contribution in [-0.4, -0.2) is 25.9 Å². The number of aliphatic hydroxyl groups is 1. The Bertz CT molecular complexity index is 642. The van der Waals surface area contributed by atoms with Gasteiger partial charge < -0.3 is 11.2 Å². The molecule has 2 rings (SSSR count). The van der Waals surface area contributed by atoms with Crippen LogP contribution in [0.25, 0.3) is 0 Å². The van der Waals surface area contributed by atoms with E-state index in [0.29, 0.717) is 12.8 Å². The van der Waals surface area contributed by atoms with Gasteiger partial charge in [0.05, 0.1) is 6.10 Å². The predicted molar refractivity (Wildman–Crippen MR) is 107 cm³/mol. The quantitative estimate of drug-likeness (QED) is 0.443. The Hall–Kier alpha value is 0.480. The van der Waals surface area contributed by atoms with Crippen LogP contribution in [0.2, 0.25) is 0 Å². The molecule has 0 aromatic heterocycles. The first-order chi connectivity index (χ1) is 12.2. The molecule has 1 unspecified atom stereocenters. The van der Waals surface area contributed by atoms with E-state index in [4.69, 9.17) is 27.6 Å². The first kappa shape index (κ1) is 24.5. The zero-order valence-electron chi connectivity index (χ0n) is 14.7. The molecule has 1 aliphatic rings. The molecule has 1 N–H and O–H groups in total. The molecule has 0 amide bonds. The molecule has 148 valence electrons. The summed E-state index contributed by atoms with van der Waals surface area (Å²) in [4.78, 5) is 0.0929. The topological polar surface area (TPSA) is 54.4 Å². The molecule has 1 aliphatic carbocycles. The third-order valence-corrected chi connectivity index (χ3v) is 5.39. The summed E-state index contributed by atoms with van der Waals surface area (Å²) in [6.07, 6.45) is 9.79. The Morgan fingerprint density at radius 3 is 2.23 bits per heavy atom. The second-order valence-electron chi connectivity index (χ2n) is 6.35. The first-order valence-corrected chi connectivity index (χ1v) is 22.4. The van der Waals surface area contributed by atoms with Crippen LogP contribution in [0.4, 0.5) is 0 Å². The van der Waals surface area contributed by atoms with E-state index in [1.807, 2.05) is 30.3 Å². The van der Waals surface area contributed by atoms with E-state index in [0.717, 1.165) is 31.2 Å². The molecule has 1 atom stereocenters. The molecule has 1 saturated carbocycles. The summed E-state index contributed by atoms with van der Waals surface area (Å²) in [6.45, 7) is 0. The van der Waals surface area contributed by atoms with Gasteiger partial charge in [-0.15, -0.1) is 4.91 Å². The van der Waals surface area contributed by atoms with Crippen molar-refractivity contribution in [3.05, 3.63) is 46.9 Å². The van der Waals surface area contributed by atoms with Gasteiger partial charge in [0.1, 0.15) is 9.84 Å². The summed E-state index contributed by atoms with van der Waals surface area (Å²) in [5.74, 6) is 0.171. The summed E-state index contributed by atoms with van der Waals surface area (Å²) >= 11 is -2.18. The van der Waals surface area contributed by atoms with Crippen molar-refractivity contribution in [2.24, 2.45) is 5.92 Å². The standard InChI is InChI=1S/C18H25O3S.3ClH.Ta/c1-22(20,21)18(14-16-10-6-3-7-11-16)17(19)13-12-15-8-4-2-5-9-15;;;;/h2,4-5,8-9,16-17,19H,3,6-7,10-13H2,1H3;3*1H;/q-1;;;;+3/p-3. The number of rotatable bonds is 6. The zero-order valence-corrected chi connectivity index (χ0v) is 21.0. The molecule has 0 spiro atoms. The van der Waals surface area contributed by atoms with Crippen molar-refractivity contribution < 1.29 is 28.7 Å². The molecule has 8 heteroatoms. The third kappa shape index (κ3) is 10.7. The van der Waals surface area contributed by atoms with Crippen LogP contribution in [0.15, 0.2) is 35.2 Å². The van der Waals surface area contributed by atoms with Gasteiger partial charge >= 0.3 is 42.8 Å².